The molecule has 3 rings (SSSR count). The van der Waals surface area contributed by atoms with Crippen LogP contribution in [-0.2, 0) is 9.59 Å². The molecule has 1 aliphatic heterocycles. The molecule has 0 radical (unpaired) electrons. The maximum atomic E-state index is 12.5. The molecule has 2 aromatic rings. The van der Waals surface area contributed by atoms with Gasteiger partial charge in [-0.3, -0.25) is 9.59 Å². The molecule has 1 N–H and O–H groups in total. The summed E-state index contributed by atoms with van der Waals surface area (Å²) in [7, 11) is 0. The highest BCUT2D eigenvalue weighted by atomic mass is 79.9. The van der Waals surface area contributed by atoms with Gasteiger partial charge in [0.2, 0.25) is 11.8 Å². The Bertz CT molecular complexity index is 796. The third-order valence-electron chi connectivity index (χ3n) is 3.84. The van der Waals surface area contributed by atoms with Crippen LogP contribution in [0.15, 0.2) is 46.9 Å². The molecule has 0 spiro atoms. The second kappa shape index (κ2) is 7.13. The monoisotopic (exact) mass is 426 g/mol. The molecular formula is C17H13BrCl2N2O2. The molecule has 0 aliphatic carbocycles. The summed E-state index contributed by atoms with van der Waals surface area (Å²) in [6, 6.07) is 12.4. The van der Waals surface area contributed by atoms with E-state index in [1.165, 1.54) is 0 Å². The van der Waals surface area contributed by atoms with Crippen LogP contribution in [0.3, 0.4) is 0 Å². The SMILES string of the molecule is O=C(Nc1cccc(Cl)c1Cl)[C@@H]1CC(=O)N(c2ccc(Br)cc2)C1. The van der Waals surface area contributed by atoms with Gasteiger partial charge in [-0.2, -0.15) is 0 Å². The van der Waals surface area contributed by atoms with Crippen molar-refractivity contribution in [1.82, 2.24) is 0 Å². The van der Waals surface area contributed by atoms with Crippen LogP contribution < -0.4 is 10.2 Å². The molecule has 7 heteroatoms. The number of carbonyl (C=O) groups excluding carboxylic acids is 2. The number of nitrogens with one attached hydrogen (secondary N) is 1. The zero-order valence-corrected chi connectivity index (χ0v) is 15.5. The zero-order chi connectivity index (χ0) is 17.3. The van der Waals surface area contributed by atoms with Gasteiger partial charge in [0, 0.05) is 23.1 Å². The fraction of sp³-hybridized carbons (Fsp3) is 0.176. The second-order valence-electron chi connectivity index (χ2n) is 5.47. The van der Waals surface area contributed by atoms with Crippen molar-refractivity contribution in [2.75, 3.05) is 16.8 Å². The molecule has 0 saturated carbocycles. The van der Waals surface area contributed by atoms with E-state index in [9.17, 15) is 9.59 Å². The van der Waals surface area contributed by atoms with Crippen LogP contribution in [0.25, 0.3) is 0 Å². The number of halogens is 3. The fourth-order valence-electron chi connectivity index (χ4n) is 2.59. The van der Waals surface area contributed by atoms with E-state index in [2.05, 4.69) is 21.2 Å². The summed E-state index contributed by atoms with van der Waals surface area (Å²) in [6.07, 6.45) is 0.167. The number of rotatable bonds is 3. The van der Waals surface area contributed by atoms with Crippen LogP contribution in [0, 0.1) is 5.92 Å². The van der Waals surface area contributed by atoms with E-state index in [1.807, 2.05) is 24.3 Å². The van der Waals surface area contributed by atoms with Crippen LogP contribution in [0.5, 0.6) is 0 Å². The van der Waals surface area contributed by atoms with Crippen LogP contribution in [0.4, 0.5) is 11.4 Å². The van der Waals surface area contributed by atoms with Crippen molar-refractivity contribution >= 4 is 62.3 Å². The Hall–Kier alpha value is -1.56. The lowest BCUT2D eigenvalue weighted by Gasteiger charge is -2.17. The molecule has 1 aliphatic rings. The van der Waals surface area contributed by atoms with Crippen molar-refractivity contribution in [3.05, 3.63) is 57.0 Å². The van der Waals surface area contributed by atoms with E-state index < -0.39 is 5.92 Å². The van der Waals surface area contributed by atoms with E-state index in [1.54, 1.807) is 23.1 Å². The van der Waals surface area contributed by atoms with Crippen LogP contribution >= 0.6 is 39.1 Å². The topological polar surface area (TPSA) is 49.4 Å². The predicted octanol–water partition coefficient (Wildman–Crippen LogP) is 4.75. The third kappa shape index (κ3) is 3.58. The lowest BCUT2D eigenvalue weighted by atomic mass is 10.1. The van der Waals surface area contributed by atoms with Crippen LogP contribution in [-0.4, -0.2) is 18.4 Å². The van der Waals surface area contributed by atoms with E-state index in [0.29, 0.717) is 22.3 Å². The molecule has 2 amide bonds. The van der Waals surface area contributed by atoms with Gasteiger partial charge in [-0.05, 0) is 36.4 Å². The van der Waals surface area contributed by atoms with Gasteiger partial charge in [0.15, 0.2) is 0 Å². The Labute approximate surface area is 157 Å². The van der Waals surface area contributed by atoms with Crippen molar-refractivity contribution in [1.29, 1.82) is 0 Å². The number of hydrogen-bond donors (Lipinski definition) is 1. The molecule has 124 valence electrons. The van der Waals surface area contributed by atoms with E-state index in [-0.39, 0.29) is 18.2 Å². The van der Waals surface area contributed by atoms with Gasteiger partial charge >= 0.3 is 0 Å². The maximum Gasteiger partial charge on any atom is 0.229 e. The Morgan fingerprint density at radius 1 is 1.17 bits per heavy atom. The number of benzene rings is 2. The summed E-state index contributed by atoms with van der Waals surface area (Å²) in [5.41, 5.74) is 1.22. The normalized spacial score (nSPS) is 17.2. The first-order valence-electron chi connectivity index (χ1n) is 7.26. The van der Waals surface area contributed by atoms with Crippen LogP contribution in [0.1, 0.15) is 6.42 Å². The fourth-order valence-corrected chi connectivity index (χ4v) is 3.20. The van der Waals surface area contributed by atoms with Crippen molar-refractivity contribution in [2.24, 2.45) is 5.92 Å². The molecular weight excluding hydrogens is 415 g/mol. The number of hydrogen-bond acceptors (Lipinski definition) is 2. The van der Waals surface area contributed by atoms with E-state index in [4.69, 9.17) is 23.2 Å². The summed E-state index contributed by atoms with van der Waals surface area (Å²) in [5.74, 6) is -0.752. The lowest BCUT2D eigenvalue weighted by molar-refractivity contribution is -0.122. The number of carbonyl (C=O) groups is 2. The molecule has 0 aromatic heterocycles. The highest BCUT2D eigenvalue weighted by Gasteiger charge is 2.35. The first kappa shape index (κ1) is 17.3. The standard InChI is InChI=1S/C17H13BrCl2N2O2/c18-11-4-6-12(7-5-11)22-9-10(8-15(22)23)17(24)21-14-3-1-2-13(19)16(14)20/h1-7,10H,8-9H2,(H,21,24)/t10-/m1/s1. The molecule has 1 fully saturated rings. The summed E-state index contributed by atoms with van der Waals surface area (Å²) in [4.78, 5) is 26.3. The maximum absolute atomic E-state index is 12.5. The Morgan fingerprint density at radius 3 is 2.58 bits per heavy atom. The first-order valence-corrected chi connectivity index (χ1v) is 8.81. The van der Waals surface area contributed by atoms with E-state index in [0.717, 1.165) is 10.2 Å². The van der Waals surface area contributed by atoms with Crippen molar-refractivity contribution in [3.8, 4) is 0 Å². The number of nitrogens with zero attached hydrogens (tertiary/aromatic N) is 1. The molecule has 2 aromatic carbocycles. The van der Waals surface area contributed by atoms with Gasteiger partial charge in [0.05, 0.1) is 21.7 Å². The van der Waals surface area contributed by atoms with Gasteiger partial charge in [-0.15, -0.1) is 0 Å². The molecule has 1 heterocycles. The Kier molecular flexibility index (Phi) is 5.13. The third-order valence-corrected chi connectivity index (χ3v) is 5.19. The summed E-state index contributed by atoms with van der Waals surface area (Å²) >= 11 is 15.4. The smallest absolute Gasteiger partial charge is 0.229 e. The van der Waals surface area contributed by atoms with Gasteiger partial charge < -0.3 is 10.2 Å². The Balaban J connectivity index is 1.72. The van der Waals surface area contributed by atoms with Gasteiger partial charge in [0.1, 0.15) is 0 Å². The quantitative estimate of drug-likeness (QED) is 0.768. The van der Waals surface area contributed by atoms with Crippen molar-refractivity contribution < 1.29 is 9.59 Å². The predicted molar refractivity (Wildman–Crippen MR) is 99.7 cm³/mol. The minimum Gasteiger partial charge on any atom is -0.324 e. The molecule has 4 nitrogen and oxygen atoms in total. The molecule has 24 heavy (non-hydrogen) atoms. The number of amides is 2. The van der Waals surface area contributed by atoms with Crippen molar-refractivity contribution in [3.63, 3.8) is 0 Å². The summed E-state index contributed by atoms with van der Waals surface area (Å²) in [6.45, 7) is 0.338. The Morgan fingerprint density at radius 2 is 1.88 bits per heavy atom. The lowest BCUT2D eigenvalue weighted by Crippen LogP contribution is -2.28. The molecule has 0 unspecified atom stereocenters. The first-order chi connectivity index (χ1) is 11.5. The van der Waals surface area contributed by atoms with Crippen LogP contribution in [0.2, 0.25) is 10.0 Å². The summed E-state index contributed by atoms with van der Waals surface area (Å²) < 4.78 is 0.933. The average molecular weight is 428 g/mol. The van der Waals surface area contributed by atoms with Gasteiger partial charge in [0.25, 0.3) is 0 Å². The van der Waals surface area contributed by atoms with Gasteiger partial charge in [-0.1, -0.05) is 45.2 Å². The minimum atomic E-state index is -0.434. The molecule has 0 bridgehead atoms. The molecule has 1 atom stereocenters. The zero-order valence-electron chi connectivity index (χ0n) is 12.4. The molecule has 1 saturated heterocycles. The highest BCUT2D eigenvalue weighted by molar-refractivity contribution is 9.10. The second-order valence-corrected chi connectivity index (χ2v) is 7.17. The van der Waals surface area contributed by atoms with Gasteiger partial charge in [-0.25, -0.2) is 0 Å². The van der Waals surface area contributed by atoms with E-state index >= 15 is 0 Å². The minimum absolute atomic E-state index is 0.0744. The highest BCUT2D eigenvalue weighted by Crippen LogP contribution is 2.31. The largest absolute Gasteiger partial charge is 0.324 e. The summed E-state index contributed by atoms with van der Waals surface area (Å²) in [5, 5.41) is 3.42. The van der Waals surface area contributed by atoms with Crippen molar-refractivity contribution in [2.45, 2.75) is 6.42 Å². The average Bonchev–Trinajstić information content (AvgIpc) is 2.94. The number of anilines is 2.